The van der Waals surface area contributed by atoms with E-state index in [9.17, 15) is 19.0 Å². The summed E-state index contributed by atoms with van der Waals surface area (Å²) in [6.45, 7) is 4.19. The Kier molecular flexibility index (Phi) is 64.4. The molecule has 0 heterocycles. The van der Waals surface area contributed by atoms with Crippen LogP contribution in [0.4, 0.5) is 0 Å². The number of nitrogens with zero attached hydrogens (tertiary/aromatic N) is 1. The monoisotopic (exact) mass is 1210 g/mol. The Morgan fingerprint density at radius 1 is 0.376 bits per heavy atom. The number of rotatable bonds is 68. The summed E-state index contributed by atoms with van der Waals surface area (Å²) in [6, 6.07) is 0. The van der Waals surface area contributed by atoms with Crippen molar-refractivity contribution >= 4 is 19.8 Å². The lowest BCUT2D eigenvalue weighted by molar-refractivity contribution is -0.870. The normalized spacial score (nSPS) is 13.4. The third-order valence-electron chi connectivity index (χ3n) is 16.3. The van der Waals surface area contributed by atoms with E-state index in [1.54, 1.807) is 0 Å². The first kappa shape index (κ1) is 82.7. The topological polar surface area (TPSA) is 111 Å². The fourth-order valence-electron chi connectivity index (χ4n) is 10.7. The molecule has 10 heteroatoms. The largest absolute Gasteiger partial charge is 0.756 e. The number of unbranched alkanes of at least 4 members (excludes halogenated alkanes) is 44. The van der Waals surface area contributed by atoms with Crippen LogP contribution in [0.5, 0.6) is 0 Å². The summed E-state index contributed by atoms with van der Waals surface area (Å²) in [4.78, 5) is 38.1. The minimum absolute atomic E-state index is 0.0286. The average molecular weight is 1210 g/mol. The number of allylic oxidation sites excluding steroid dienone is 10. The van der Waals surface area contributed by atoms with E-state index in [1.807, 2.05) is 21.1 Å². The molecule has 9 nitrogen and oxygen atoms in total. The van der Waals surface area contributed by atoms with Crippen LogP contribution in [0.2, 0.25) is 0 Å². The lowest BCUT2D eigenvalue weighted by Crippen LogP contribution is -2.37. The number of likely N-dealkylation sites (N-methyl/N-ethyl adjacent to an activating group) is 1. The van der Waals surface area contributed by atoms with Gasteiger partial charge in [-0.3, -0.25) is 14.2 Å². The molecule has 498 valence electrons. The fraction of sp³-hybridized carbons (Fsp3) is 0.840. The molecule has 0 amide bonds. The maximum absolute atomic E-state index is 12.9. The summed E-state index contributed by atoms with van der Waals surface area (Å²) < 4.78 is 34.4. The van der Waals surface area contributed by atoms with E-state index in [0.29, 0.717) is 17.4 Å². The van der Waals surface area contributed by atoms with Crippen LogP contribution in [0.15, 0.2) is 60.8 Å². The van der Waals surface area contributed by atoms with Gasteiger partial charge in [0.2, 0.25) is 0 Å². The van der Waals surface area contributed by atoms with E-state index in [0.717, 1.165) is 70.6 Å². The molecule has 0 radical (unpaired) electrons. The van der Waals surface area contributed by atoms with E-state index in [4.69, 9.17) is 18.5 Å². The van der Waals surface area contributed by atoms with E-state index < -0.39 is 26.5 Å². The first-order chi connectivity index (χ1) is 41.5. The number of carbonyl (C=O) groups is 2. The quantitative estimate of drug-likeness (QED) is 0.0195. The Balaban J connectivity index is 3.97. The smallest absolute Gasteiger partial charge is 0.306 e. The number of phosphoric acid groups is 1. The van der Waals surface area contributed by atoms with Crippen LogP contribution in [0, 0.1) is 0 Å². The van der Waals surface area contributed by atoms with Gasteiger partial charge in [0.05, 0.1) is 27.7 Å². The van der Waals surface area contributed by atoms with Gasteiger partial charge >= 0.3 is 11.9 Å². The second kappa shape index (κ2) is 66.1. The van der Waals surface area contributed by atoms with Crippen LogP contribution in [-0.4, -0.2) is 70.0 Å². The number of carbonyl (C=O) groups excluding carboxylic acids is 2. The zero-order valence-electron chi connectivity index (χ0n) is 56.8. The number of hydrogen-bond acceptors (Lipinski definition) is 8. The van der Waals surface area contributed by atoms with Crippen molar-refractivity contribution in [1.82, 2.24) is 0 Å². The predicted molar refractivity (Wildman–Crippen MR) is 365 cm³/mol. The van der Waals surface area contributed by atoms with Crippen LogP contribution < -0.4 is 4.89 Å². The number of phosphoric ester groups is 1. The zero-order valence-corrected chi connectivity index (χ0v) is 57.7. The molecule has 0 aromatic rings. The number of esters is 2. The van der Waals surface area contributed by atoms with E-state index in [-0.39, 0.29) is 32.0 Å². The molecule has 0 aliphatic rings. The van der Waals surface area contributed by atoms with Gasteiger partial charge in [0.1, 0.15) is 19.8 Å². The van der Waals surface area contributed by atoms with Crippen molar-refractivity contribution in [2.45, 2.75) is 360 Å². The third-order valence-corrected chi connectivity index (χ3v) is 17.3. The summed E-state index contributed by atoms with van der Waals surface area (Å²) in [5.41, 5.74) is 0. The minimum Gasteiger partial charge on any atom is -0.756 e. The van der Waals surface area contributed by atoms with Crippen LogP contribution in [0.3, 0.4) is 0 Å². The molecule has 85 heavy (non-hydrogen) atoms. The summed E-state index contributed by atoms with van der Waals surface area (Å²) >= 11 is 0. The maximum atomic E-state index is 12.9. The summed E-state index contributed by atoms with van der Waals surface area (Å²) in [6.07, 6.45) is 87.4. The van der Waals surface area contributed by atoms with Gasteiger partial charge in [-0.1, -0.05) is 344 Å². The van der Waals surface area contributed by atoms with Crippen LogP contribution >= 0.6 is 7.82 Å². The molecular weight excluding hydrogens is 1070 g/mol. The van der Waals surface area contributed by atoms with Crippen molar-refractivity contribution in [2.75, 3.05) is 47.5 Å². The molecule has 0 spiro atoms. The Labute approximate surface area is 527 Å². The average Bonchev–Trinajstić information content (AvgIpc) is 3.51. The van der Waals surface area contributed by atoms with E-state index in [1.165, 1.54) is 250 Å². The molecule has 0 bridgehead atoms. The highest BCUT2D eigenvalue weighted by atomic mass is 31.2. The maximum Gasteiger partial charge on any atom is 0.306 e. The van der Waals surface area contributed by atoms with Gasteiger partial charge in [0.15, 0.2) is 6.10 Å². The van der Waals surface area contributed by atoms with Crippen LogP contribution in [-0.2, 0) is 32.7 Å². The van der Waals surface area contributed by atoms with Gasteiger partial charge in [-0.05, 0) is 57.8 Å². The van der Waals surface area contributed by atoms with Crippen molar-refractivity contribution < 1.29 is 42.1 Å². The molecule has 0 saturated heterocycles. The summed E-state index contributed by atoms with van der Waals surface area (Å²) in [5.74, 6) is -0.812. The third kappa shape index (κ3) is 70.7. The minimum atomic E-state index is -4.64. The Morgan fingerprint density at radius 2 is 0.671 bits per heavy atom. The number of quaternary nitrogens is 1. The SMILES string of the molecule is CC/C=C\C/C=C\C/C=C\C/C=C\C/C=C\CCCCCCCCCCCCCCCCCCCCCC(=O)OC(COC(=O)CCCCCCCCCCCCCCCCCCCCCCCCCCCC)COP(=O)([O-])OCC[N+](C)(C)C. The molecule has 0 rings (SSSR count). The first-order valence-corrected chi connectivity index (χ1v) is 38.0. The van der Waals surface area contributed by atoms with Gasteiger partial charge < -0.3 is 27.9 Å². The lowest BCUT2D eigenvalue weighted by Gasteiger charge is -2.28. The van der Waals surface area contributed by atoms with Crippen molar-refractivity contribution in [3.05, 3.63) is 60.8 Å². The van der Waals surface area contributed by atoms with Crippen molar-refractivity contribution in [2.24, 2.45) is 0 Å². The molecule has 2 unspecified atom stereocenters. The van der Waals surface area contributed by atoms with Gasteiger partial charge in [-0.2, -0.15) is 0 Å². The van der Waals surface area contributed by atoms with Gasteiger partial charge in [0, 0.05) is 12.8 Å². The molecule has 0 aromatic carbocycles. The Morgan fingerprint density at radius 3 is 1.00 bits per heavy atom. The highest BCUT2D eigenvalue weighted by molar-refractivity contribution is 7.45. The zero-order chi connectivity index (χ0) is 61.9. The van der Waals surface area contributed by atoms with Crippen molar-refractivity contribution in [3.8, 4) is 0 Å². The Hall–Kier alpha value is -2.29. The number of hydrogen-bond donors (Lipinski definition) is 0. The molecule has 0 saturated carbocycles. The molecule has 0 fully saturated rings. The molecule has 2 atom stereocenters. The van der Waals surface area contributed by atoms with Crippen molar-refractivity contribution in [3.63, 3.8) is 0 Å². The lowest BCUT2D eigenvalue weighted by atomic mass is 10.0. The van der Waals surface area contributed by atoms with Gasteiger partial charge in [-0.15, -0.1) is 0 Å². The van der Waals surface area contributed by atoms with Gasteiger partial charge in [0.25, 0.3) is 7.82 Å². The predicted octanol–water partition coefficient (Wildman–Crippen LogP) is 23.1. The molecular formula is C75H140NO8P. The number of ether oxygens (including phenoxy) is 2. The molecule has 0 aliphatic heterocycles. The standard InChI is InChI=1S/C75H140NO8P/c1-6-8-10-12-14-16-18-20-22-24-26-28-30-32-34-35-36-37-38-39-40-41-42-44-46-48-50-52-54-56-58-60-62-64-66-68-75(78)84-73(72-83-85(79,80)82-70-69-76(3,4)5)71-81-74(77)67-65-63-61-59-57-55-53-51-49-47-45-43-33-31-29-27-25-23-21-19-17-15-13-11-9-7-2/h8,10,14,16,20,22,26,28,32,34,73H,6-7,9,11-13,15,17-19,21,23-25,27,29-31,33,35-72H2,1-5H3/b10-8-,16-14-,22-20-,28-26-,34-32-. The summed E-state index contributed by atoms with van der Waals surface area (Å²) in [7, 11) is 1.18. The Bertz CT molecular complexity index is 1620. The molecule has 0 aromatic heterocycles. The second-order valence-electron chi connectivity index (χ2n) is 25.9. The summed E-state index contributed by atoms with van der Waals surface area (Å²) in [5, 5.41) is 0. The molecule has 0 N–H and O–H groups in total. The van der Waals surface area contributed by atoms with E-state index in [2.05, 4.69) is 74.6 Å². The van der Waals surface area contributed by atoms with Gasteiger partial charge in [-0.25, -0.2) is 0 Å². The fourth-order valence-corrected chi connectivity index (χ4v) is 11.5. The second-order valence-corrected chi connectivity index (χ2v) is 27.3. The highest BCUT2D eigenvalue weighted by Crippen LogP contribution is 2.38. The first-order valence-electron chi connectivity index (χ1n) is 36.5. The highest BCUT2D eigenvalue weighted by Gasteiger charge is 2.22. The van der Waals surface area contributed by atoms with E-state index >= 15 is 0 Å². The van der Waals surface area contributed by atoms with Crippen molar-refractivity contribution in [1.29, 1.82) is 0 Å². The van der Waals surface area contributed by atoms with Crippen LogP contribution in [0.25, 0.3) is 0 Å². The molecule has 0 aliphatic carbocycles. The van der Waals surface area contributed by atoms with Crippen LogP contribution in [0.1, 0.15) is 354 Å².